The fraction of sp³-hybridized carbons (Fsp3) is 0.587. The summed E-state index contributed by atoms with van der Waals surface area (Å²) in [5.41, 5.74) is 0.696. The Morgan fingerprint density at radius 1 is 0.831 bits per heavy atom. The standard InChI is InChI=1S/C44H60N6O8.C2HF3O2/c1-5-14-31(41(55)35(51)21-22-38(54)48-40(44(58)50(3)4)30-17-11-8-12-18-30)26-36(52)32-19-13-20-33(32)47-42(56)28(6-2)25-37(53)39(29-15-9-7-10-16-29)49-43(57)34-27-45-23-24-46-34;3-2(4,5)1(6)7/h8,11-12,17-18,23-24,27-29,31-33,39-40H,5-7,9-10,13-16,19-22,25-26H2,1-4H3,(H,47,56)(H,48,54)(H,49,57);(H,6,7)/t28-,31-,32-,33+,39+,40+;/m1./s1. The molecule has 6 atom stereocenters. The maximum atomic E-state index is 13.9. The highest BCUT2D eigenvalue weighted by Crippen LogP contribution is 2.32. The van der Waals surface area contributed by atoms with Gasteiger partial charge in [-0.25, -0.2) is 9.78 Å². The van der Waals surface area contributed by atoms with E-state index in [1.807, 2.05) is 13.8 Å². The van der Waals surface area contributed by atoms with Crippen molar-refractivity contribution in [2.75, 3.05) is 14.1 Å². The van der Waals surface area contributed by atoms with Gasteiger partial charge in [0.15, 0.2) is 11.6 Å². The second kappa shape index (κ2) is 26.2. The van der Waals surface area contributed by atoms with Gasteiger partial charge < -0.3 is 26.0 Å². The van der Waals surface area contributed by atoms with Crippen LogP contribution in [0.5, 0.6) is 0 Å². The van der Waals surface area contributed by atoms with Crippen LogP contribution in [0.1, 0.15) is 132 Å². The molecule has 2 fully saturated rings. The third kappa shape index (κ3) is 16.9. The Morgan fingerprint density at radius 3 is 2.06 bits per heavy atom. The highest BCUT2D eigenvalue weighted by atomic mass is 19.4. The molecule has 2 aromatic rings. The number of nitrogens with zero attached hydrogens (tertiary/aromatic N) is 3. The summed E-state index contributed by atoms with van der Waals surface area (Å²) in [6.45, 7) is 3.69. The monoisotopic (exact) mass is 914 g/mol. The van der Waals surface area contributed by atoms with Crippen LogP contribution >= 0.6 is 0 Å². The molecule has 65 heavy (non-hydrogen) atoms. The fourth-order valence-electron chi connectivity index (χ4n) is 8.24. The molecule has 0 bridgehead atoms. The summed E-state index contributed by atoms with van der Waals surface area (Å²) >= 11 is 0. The average molecular weight is 915 g/mol. The number of Topliss-reactive ketones (excluding diaryl/α,β-unsaturated/α-hetero) is 4. The Hall–Kier alpha value is -5.88. The molecule has 4 amide bonds. The predicted molar refractivity (Wildman–Crippen MR) is 230 cm³/mol. The minimum Gasteiger partial charge on any atom is -0.475 e. The Labute approximate surface area is 376 Å². The third-order valence-electron chi connectivity index (χ3n) is 11.8. The van der Waals surface area contributed by atoms with Crippen LogP contribution in [0.4, 0.5) is 13.2 Å². The van der Waals surface area contributed by atoms with Gasteiger partial charge in [0.05, 0.1) is 12.2 Å². The van der Waals surface area contributed by atoms with Crippen LogP contribution in [0.15, 0.2) is 48.9 Å². The number of nitrogens with one attached hydrogen (secondary N) is 3. The molecule has 0 saturated heterocycles. The molecule has 1 aromatic heterocycles. The Balaban J connectivity index is 0.00000148. The van der Waals surface area contributed by atoms with Crippen molar-refractivity contribution in [3.8, 4) is 0 Å². The molecule has 1 aromatic carbocycles. The zero-order chi connectivity index (χ0) is 48.3. The molecule has 19 heteroatoms. The minimum absolute atomic E-state index is 0.0483. The summed E-state index contributed by atoms with van der Waals surface area (Å²) in [4.78, 5) is 125. The predicted octanol–water partition coefficient (Wildman–Crippen LogP) is 5.30. The molecule has 4 N–H and O–H groups in total. The highest BCUT2D eigenvalue weighted by molar-refractivity contribution is 6.38. The van der Waals surface area contributed by atoms with E-state index in [1.165, 1.54) is 23.5 Å². The van der Waals surface area contributed by atoms with Gasteiger partial charge in [-0.05, 0) is 50.0 Å². The van der Waals surface area contributed by atoms with Gasteiger partial charge in [0.2, 0.25) is 23.5 Å². The van der Waals surface area contributed by atoms with Crippen molar-refractivity contribution < 1.29 is 61.4 Å². The molecule has 0 aliphatic heterocycles. The normalized spacial score (nSPS) is 18.0. The number of aromatic nitrogens is 2. The lowest BCUT2D eigenvalue weighted by molar-refractivity contribution is -0.192. The smallest absolute Gasteiger partial charge is 0.475 e. The van der Waals surface area contributed by atoms with Gasteiger partial charge in [-0.2, -0.15) is 13.2 Å². The number of carboxylic acids is 1. The van der Waals surface area contributed by atoms with Gasteiger partial charge >= 0.3 is 12.1 Å². The zero-order valence-electron chi connectivity index (χ0n) is 37.4. The number of halogens is 3. The first-order chi connectivity index (χ1) is 30.8. The first kappa shape index (κ1) is 53.5. The topological polar surface area (TPSA) is 239 Å². The summed E-state index contributed by atoms with van der Waals surface area (Å²) in [6, 6.07) is 6.55. The van der Waals surface area contributed by atoms with Crippen molar-refractivity contribution in [2.24, 2.45) is 23.7 Å². The van der Waals surface area contributed by atoms with E-state index in [0.717, 1.165) is 32.1 Å². The molecule has 2 saturated carbocycles. The van der Waals surface area contributed by atoms with Crippen molar-refractivity contribution >= 4 is 52.7 Å². The number of ketones is 4. The first-order valence-electron chi connectivity index (χ1n) is 22.1. The van der Waals surface area contributed by atoms with Crippen LogP contribution in [0.2, 0.25) is 0 Å². The molecule has 0 radical (unpaired) electrons. The Morgan fingerprint density at radius 2 is 1.49 bits per heavy atom. The summed E-state index contributed by atoms with van der Waals surface area (Å²) in [5.74, 6) is -8.46. The van der Waals surface area contributed by atoms with Gasteiger partial charge in [-0.1, -0.05) is 76.3 Å². The maximum Gasteiger partial charge on any atom is 0.490 e. The molecule has 16 nitrogen and oxygen atoms in total. The number of rotatable bonds is 22. The van der Waals surface area contributed by atoms with E-state index >= 15 is 0 Å². The minimum atomic E-state index is -5.08. The Bertz CT molecular complexity index is 1960. The van der Waals surface area contributed by atoms with E-state index in [-0.39, 0.29) is 60.7 Å². The molecule has 0 unspecified atom stereocenters. The van der Waals surface area contributed by atoms with E-state index < -0.39 is 71.4 Å². The third-order valence-corrected chi connectivity index (χ3v) is 11.8. The number of hydrogen-bond donors (Lipinski definition) is 4. The lowest BCUT2D eigenvalue weighted by Crippen LogP contribution is -2.49. The molecule has 2 aliphatic carbocycles. The summed E-state index contributed by atoms with van der Waals surface area (Å²) < 4.78 is 31.7. The number of carboxylic acid groups (broad SMARTS) is 1. The van der Waals surface area contributed by atoms with E-state index in [9.17, 15) is 51.5 Å². The van der Waals surface area contributed by atoms with Gasteiger partial charge in [0.25, 0.3) is 5.91 Å². The van der Waals surface area contributed by atoms with Crippen molar-refractivity contribution in [3.05, 3.63) is 60.2 Å². The molecular formula is C46H61F3N6O10. The SMILES string of the molecule is CCC[C@H](CC(=O)[C@@H]1CCC[C@@H]1NC(=O)[C@H](CC)CC(=O)[C@@H](NC(=O)c1cnccn1)C1CCCCC1)C(=O)C(=O)CCC(=O)N[C@H](C(=O)N(C)C)c1ccccc1.O=C(O)C(F)(F)F. The number of likely N-dealkylation sites (N-methyl/N-ethyl adjacent to an activating group) is 1. The molecule has 0 spiro atoms. The highest BCUT2D eigenvalue weighted by Gasteiger charge is 2.40. The van der Waals surface area contributed by atoms with Crippen molar-refractivity contribution in [1.82, 2.24) is 30.8 Å². The second-order valence-corrected chi connectivity index (χ2v) is 16.8. The van der Waals surface area contributed by atoms with Crippen molar-refractivity contribution in [3.63, 3.8) is 0 Å². The van der Waals surface area contributed by atoms with Crippen LogP contribution in [0, 0.1) is 23.7 Å². The number of aliphatic carboxylic acids is 1. The summed E-state index contributed by atoms with van der Waals surface area (Å²) in [7, 11) is 3.16. The molecule has 356 valence electrons. The van der Waals surface area contributed by atoms with E-state index in [0.29, 0.717) is 44.1 Å². The molecule has 4 rings (SSSR count). The van der Waals surface area contributed by atoms with E-state index in [1.54, 1.807) is 44.4 Å². The van der Waals surface area contributed by atoms with Crippen LogP contribution in [-0.4, -0.2) is 105 Å². The number of alkyl halides is 3. The number of hydrogen-bond acceptors (Lipinski definition) is 11. The lowest BCUT2D eigenvalue weighted by Gasteiger charge is -2.31. The number of carbonyl (C=O) groups excluding carboxylic acids is 8. The van der Waals surface area contributed by atoms with Crippen LogP contribution in [0.3, 0.4) is 0 Å². The van der Waals surface area contributed by atoms with E-state index in [2.05, 4.69) is 25.9 Å². The van der Waals surface area contributed by atoms with Crippen molar-refractivity contribution in [2.45, 2.75) is 134 Å². The second-order valence-electron chi connectivity index (χ2n) is 16.8. The zero-order valence-corrected chi connectivity index (χ0v) is 37.4. The average Bonchev–Trinajstić information content (AvgIpc) is 3.76. The van der Waals surface area contributed by atoms with Crippen LogP contribution in [0.25, 0.3) is 0 Å². The number of benzene rings is 1. The lowest BCUT2D eigenvalue weighted by atomic mass is 9.80. The first-order valence-corrected chi connectivity index (χ1v) is 22.1. The van der Waals surface area contributed by atoms with Gasteiger partial charge in [0, 0.05) is 76.0 Å². The summed E-state index contributed by atoms with van der Waals surface area (Å²) in [5, 5.41) is 15.7. The summed E-state index contributed by atoms with van der Waals surface area (Å²) in [6.07, 6.45) is 5.85. The Kier molecular flexibility index (Phi) is 21.5. The molecular weight excluding hydrogens is 854 g/mol. The van der Waals surface area contributed by atoms with Crippen LogP contribution < -0.4 is 16.0 Å². The number of amides is 4. The quantitative estimate of drug-likeness (QED) is 0.110. The van der Waals surface area contributed by atoms with Crippen molar-refractivity contribution in [1.29, 1.82) is 0 Å². The van der Waals surface area contributed by atoms with Crippen LogP contribution in [-0.2, 0) is 38.4 Å². The molecule has 1 heterocycles. The van der Waals surface area contributed by atoms with Gasteiger partial charge in [-0.15, -0.1) is 0 Å². The number of carbonyl (C=O) groups is 9. The van der Waals surface area contributed by atoms with E-state index in [4.69, 9.17) is 9.90 Å². The molecule has 2 aliphatic rings. The van der Waals surface area contributed by atoms with Gasteiger partial charge in [-0.3, -0.25) is 43.3 Å². The maximum absolute atomic E-state index is 13.9. The van der Waals surface area contributed by atoms with Gasteiger partial charge in [0.1, 0.15) is 17.5 Å². The fourth-order valence-corrected chi connectivity index (χ4v) is 8.24. The largest absolute Gasteiger partial charge is 0.490 e.